The minimum absolute atomic E-state index is 0.257. The van der Waals surface area contributed by atoms with Crippen LogP contribution in [-0.2, 0) is 4.79 Å². The van der Waals surface area contributed by atoms with E-state index in [4.69, 9.17) is 4.74 Å². The van der Waals surface area contributed by atoms with E-state index in [2.05, 4.69) is 10.9 Å². The second-order valence-corrected chi connectivity index (χ2v) is 7.22. The third-order valence-electron chi connectivity index (χ3n) is 4.84. The molecule has 3 aromatic rings. The Bertz CT molecular complexity index is 1010. The normalized spacial score (nSPS) is 10.5. The predicted octanol–water partition coefficient (Wildman–Crippen LogP) is 4.02. The number of hydrogen-bond acceptors (Lipinski definition) is 3. The van der Waals surface area contributed by atoms with Gasteiger partial charge in [0.1, 0.15) is 5.75 Å². The molecule has 2 N–H and O–H groups in total. The molecule has 0 saturated heterocycles. The molecule has 0 spiro atoms. The minimum Gasteiger partial charge on any atom is -0.494 e. The largest absolute Gasteiger partial charge is 0.494 e. The summed E-state index contributed by atoms with van der Waals surface area (Å²) in [6.45, 7) is 6.28. The van der Waals surface area contributed by atoms with Crippen LogP contribution in [0.25, 0.3) is 5.69 Å². The van der Waals surface area contributed by atoms with E-state index in [0.29, 0.717) is 18.6 Å². The molecule has 3 rings (SSSR count). The molecule has 6 nitrogen and oxygen atoms in total. The zero-order chi connectivity index (χ0) is 21.5. The second kappa shape index (κ2) is 9.78. The van der Waals surface area contributed by atoms with Gasteiger partial charge < -0.3 is 9.30 Å². The molecular formula is C24H27N3O3. The van der Waals surface area contributed by atoms with Crippen LogP contribution in [0.5, 0.6) is 5.75 Å². The summed E-state index contributed by atoms with van der Waals surface area (Å²) in [4.78, 5) is 24.6. The van der Waals surface area contributed by atoms with E-state index < -0.39 is 0 Å². The van der Waals surface area contributed by atoms with Gasteiger partial charge in [0.05, 0.1) is 12.2 Å². The number of ether oxygens (including phenoxy) is 1. The van der Waals surface area contributed by atoms with E-state index in [0.717, 1.165) is 22.8 Å². The average Bonchev–Trinajstić information content (AvgIpc) is 3.05. The molecule has 2 aromatic carbocycles. The van der Waals surface area contributed by atoms with Gasteiger partial charge >= 0.3 is 0 Å². The summed E-state index contributed by atoms with van der Waals surface area (Å²) in [5, 5.41) is 0. The number of nitrogens with zero attached hydrogens (tertiary/aromatic N) is 1. The van der Waals surface area contributed by atoms with Crippen molar-refractivity contribution in [3.05, 3.63) is 83.2 Å². The van der Waals surface area contributed by atoms with E-state index in [1.54, 1.807) is 0 Å². The van der Waals surface area contributed by atoms with Crippen molar-refractivity contribution in [2.75, 3.05) is 6.61 Å². The van der Waals surface area contributed by atoms with E-state index in [1.165, 1.54) is 5.56 Å². The molecule has 2 amide bonds. The Labute approximate surface area is 176 Å². The molecule has 0 saturated carbocycles. The van der Waals surface area contributed by atoms with Gasteiger partial charge in [-0.2, -0.15) is 0 Å². The molecule has 30 heavy (non-hydrogen) atoms. The highest BCUT2D eigenvalue weighted by Gasteiger charge is 2.17. The number of aromatic nitrogens is 1. The van der Waals surface area contributed by atoms with Crippen molar-refractivity contribution in [1.82, 2.24) is 15.4 Å². The zero-order valence-corrected chi connectivity index (χ0v) is 17.6. The molecule has 0 aliphatic heterocycles. The molecule has 0 aliphatic rings. The van der Waals surface area contributed by atoms with Crippen LogP contribution < -0.4 is 15.6 Å². The van der Waals surface area contributed by atoms with Crippen LogP contribution in [0.4, 0.5) is 0 Å². The summed E-state index contributed by atoms with van der Waals surface area (Å²) in [5.41, 5.74) is 9.43. The standard InChI is InChI=1S/C24H27N3O3/c1-17-11-13-21(14-12-17)30-15-7-10-23(28)25-26-24(29)22-16-18(2)27(19(22)3)20-8-5-4-6-9-20/h4-6,8-9,11-14,16H,7,10,15H2,1-3H3,(H,25,28)(H,26,29). The number of amides is 2. The molecular weight excluding hydrogens is 378 g/mol. The Morgan fingerprint density at radius 1 is 0.933 bits per heavy atom. The minimum atomic E-state index is -0.338. The van der Waals surface area contributed by atoms with E-state index in [9.17, 15) is 9.59 Å². The van der Waals surface area contributed by atoms with Crippen LogP contribution in [0, 0.1) is 20.8 Å². The van der Waals surface area contributed by atoms with Gasteiger partial charge in [-0.3, -0.25) is 20.4 Å². The molecule has 0 bridgehead atoms. The highest BCUT2D eigenvalue weighted by molar-refractivity contribution is 5.96. The Morgan fingerprint density at radius 3 is 2.33 bits per heavy atom. The zero-order valence-electron chi connectivity index (χ0n) is 17.6. The summed E-state index contributed by atoms with van der Waals surface area (Å²) >= 11 is 0. The summed E-state index contributed by atoms with van der Waals surface area (Å²) in [6, 6.07) is 19.4. The Balaban J connectivity index is 1.47. The van der Waals surface area contributed by atoms with E-state index in [-0.39, 0.29) is 18.2 Å². The van der Waals surface area contributed by atoms with Gasteiger partial charge in [-0.05, 0) is 57.5 Å². The molecule has 1 aromatic heterocycles. The van der Waals surface area contributed by atoms with Gasteiger partial charge in [-0.1, -0.05) is 35.9 Å². The van der Waals surface area contributed by atoms with Gasteiger partial charge in [0, 0.05) is 23.5 Å². The van der Waals surface area contributed by atoms with Crippen LogP contribution >= 0.6 is 0 Å². The lowest BCUT2D eigenvalue weighted by Crippen LogP contribution is -2.41. The van der Waals surface area contributed by atoms with Gasteiger partial charge in [0.15, 0.2) is 0 Å². The topological polar surface area (TPSA) is 72.4 Å². The first-order chi connectivity index (χ1) is 14.5. The molecule has 0 unspecified atom stereocenters. The fraction of sp³-hybridized carbons (Fsp3) is 0.250. The highest BCUT2D eigenvalue weighted by atomic mass is 16.5. The van der Waals surface area contributed by atoms with Crippen molar-refractivity contribution in [3.8, 4) is 11.4 Å². The van der Waals surface area contributed by atoms with Gasteiger partial charge in [0.2, 0.25) is 5.91 Å². The SMILES string of the molecule is Cc1ccc(OCCCC(=O)NNC(=O)c2cc(C)n(-c3ccccc3)c2C)cc1. The number of aryl methyl sites for hydroxylation is 2. The number of carbonyl (C=O) groups is 2. The van der Waals surface area contributed by atoms with E-state index >= 15 is 0 Å². The van der Waals surface area contributed by atoms with Gasteiger partial charge in [-0.25, -0.2) is 0 Å². The van der Waals surface area contributed by atoms with Gasteiger partial charge in [-0.15, -0.1) is 0 Å². The number of carbonyl (C=O) groups excluding carboxylic acids is 2. The molecule has 1 heterocycles. The Kier molecular flexibility index (Phi) is 6.91. The number of benzene rings is 2. The van der Waals surface area contributed by atoms with Crippen LogP contribution in [0.15, 0.2) is 60.7 Å². The lowest BCUT2D eigenvalue weighted by Gasteiger charge is -2.10. The first-order valence-corrected chi connectivity index (χ1v) is 9.98. The summed E-state index contributed by atoms with van der Waals surface area (Å²) < 4.78 is 7.62. The maximum atomic E-state index is 12.5. The summed E-state index contributed by atoms with van der Waals surface area (Å²) in [5.74, 6) is 0.186. The molecule has 0 aliphatic carbocycles. The van der Waals surface area contributed by atoms with Crippen LogP contribution in [0.3, 0.4) is 0 Å². The van der Waals surface area contributed by atoms with Crippen molar-refractivity contribution < 1.29 is 14.3 Å². The third kappa shape index (κ3) is 5.29. The quantitative estimate of drug-likeness (QED) is 0.461. The fourth-order valence-corrected chi connectivity index (χ4v) is 3.28. The van der Waals surface area contributed by atoms with Crippen LogP contribution in [-0.4, -0.2) is 23.0 Å². The number of hydrogen-bond donors (Lipinski definition) is 2. The smallest absolute Gasteiger partial charge is 0.271 e. The van der Waals surface area contributed by atoms with Crippen molar-refractivity contribution >= 4 is 11.8 Å². The molecule has 6 heteroatoms. The Hall–Kier alpha value is -3.54. The molecule has 0 fully saturated rings. The Morgan fingerprint density at radius 2 is 1.63 bits per heavy atom. The van der Waals surface area contributed by atoms with Crippen LogP contribution in [0.2, 0.25) is 0 Å². The van der Waals surface area contributed by atoms with Crippen molar-refractivity contribution in [1.29, 1.82) is 0 Å². The maximum absolute atomic E-state index is 12.5. The van der Waals surface area contributed by atoms with Gasteiger partial charge in [0.25, 0.3) is 5.91 Å². The summed E-state index contributed by atoms with van der Waals surface area (Å²) in [7, 11) is 0. The predicted molar refractivity (Wildman–Crippen MR) is 117 cm³/mol. The lowest BCUT2D eigenvalue weighted by atomic mass is 10.2. The first-order valence-electron chi connectivity index (χ1n) is 9.98. The van der Waals surface area contributed by atoms with Crippen molar-refractivity contribution in [3.63, 3.8) is 0 Å². The number of nitrogens with one attached hydrogen (secondary N) is 2. The summed E-state index contributed by atoms with van der Waals surface area (Å²) in [6.07, 6.45) is 0.813. The second-order valence-electron chi connectivity index (χ2n) is 7.22. The number of para-hydroxylation sites is 1. The molecule has 0 radical (unpaired) electrons. The average molecular weight is 405 g/mol. The van der Waals surface area contributed by atoms with E-state index in [1.807, 2.05) is 86.0 Å². The van der Waals surface area contributed by atoms with Crippen molar-refractivity contribution in [2.24, 2.45) is 0 Å². The maximum Gasteiger partial charge on any atom is 0.271 e. The number of hydrazine groups is 1. The molecule has 0 atom stereocenters. The number of rotatable bonds is 7. The third-order valence-corrected chi connectivity index (χ3v) is 4.84. The fourth-order valence-electron chi connectivity index (χ4n) is 3.28. The highest BCUT2D eigenvalue weighted by Crippen LogP contribution is 2.20. The van der Waals surface area contributed by atoms with Crippen LogP contribution in [0.1, 0.15) is 40.2 Å². The van der Waals surface area contributed by atoms with Crippen molar-refractivity contribution in [2.45, 2.75) is 33.6 Å². The first kappa shape index (κ1) is 21.2. The molecule has 156 valence electrons. The monoisotopic (exact) mass is 405 g/mol. The lowest BCUT2D eigenvalue weighted by molar-refractivity contribution is -0.122.